The van der Waals surface area contributed by atoms with Gasteiger partial charge in [0.15, 0.2) is 0 Å². The van der Waals surface area contributed by atoms with Crippen LogP contribution < -0.4 is 5.32 Å². The third kappa shape index (κ3) is 5.81. The van der Waals surface area contributed by atoms with Gasteiger partial charge in [0.2, 0.25) is 0 Å². The normalized spacial score (nSPS) is 14.3. The lowest BCUT2D eigenvalue weighted by Gasteiger charge is -2.31. The van der Waals surface area contributed by atoms with E-state index in [1.165, 1.54) is 0 Å². The Morgan fingerprint density at radius 2 is 2.21 bits per heavy atom. The van der Waals surface area contributed by atoms with Gasteiger partial charge in [-0.25, -0.2) is 4.98 Å². The van der Waals surface area contributed by atoms with Gasteiger partial charge in [-0.05, 0) is 59.6 Å². The van der Waals surface area contributed by atoms with E-state index in [1.807, 2.05) is 18.3 Å². The summed E-state index contributed by atoms with van der Waals surface area (Å²) in [4.78, 5) is 4.34. The van der Waals surface area contributed by atoms with Crippen molar-refractivity contribution < 1.29 is 5.11 Å². The van der Waals surface area contributed by atoms with Crippen LogP contribution in [-0.4, -0.2) is 34.5 Å². The van der Waals surface area contributed by atoms with Crippen molar-refractivity contribution in [2.75, 3.05) is 18.9 Å². The predicted octanol–water partition coefficient (Wildman–Crippen LogP) is 3.47. The van der Waals surface area contributed by atoms with Crippen LogP contribution in [0.5, 0.6) is 0 Å². The van der Waals surface area contributed by atoms with Crippen LogP contribution in [0.3, 0.4) is 0 Å². The van der Waals surface area contributed by atoms with E-state index in [4.69, 9.17) is 0 Å². The number of nitrogens with zero attached hydrogens (tertiary/aromatic N) is 1. The Bertz CT molecular complexity index is 355. The van der Waals surface area contributed by atoms with Gasteiger partial charge in [0, 0.05) is 16.2 Å². The molecule has 5 heteroatoms. The number of hydrogen-bond donors (Lipinski definition) is 2. The van der Waals surface area contributed by atoms with Crippen molar-refractivity contribution in [1.82, 2.24) is 10.3 Å². The minimum absolute atomic E-state index is 0.109. The number of pyridine rings is 1. The molecular formula is C14H23BrN2OS. The lowest BCUT2D eigenvalue weighted by molar-refractivity contribution is 0.148. The van der Waals surface area contributed by atoms with Crippen LogP contribution in [0.4, 0.5) is 0 Å². The summed E-state index contributed by atoms with van der Waals surface area (Å²) in [7, 11) is 0. The van der Waals surface area contributed by atoms with Crippen molar-refractivity contribution in [1.29, 1.82) is 0 Å². The van der Waals surface area contributed by atoms with Gasteiger partial charge >= 0.3 is 0 Å². The number of nitrogens with one attached hydrogen (secondary N) is 1. The molecule has 1 unspecified atom stereocenters. The lowest BCUT2D eigenvalue weighted by Crippen LogP contribution is -2.48. The Balaban J connectivity index is 2.34. The molecule has 0 aliphatic carbocycles. The first kappa shape index (κ1) is 17.0. The summed E-state index contributed by atoms with van der Waals surface area (Å²) in [6.07, 6.45) is 4.85. The third-order valence-electron chi connectivity index (χ3n) is 3.28. The number of aliphatic hydroxyl groups is 1. The van der Waals surface area contributed by atoms with Gasteiger partial charge < -0.3 is 10.4 Å². The lowest BCUT2D eigenvalue weighted by atomic mass is 9.91. The molecule has 1 heterocycles. The maximum absolute atomic E-state index is 9.57. The number of aliphatic hydroxyl groups excluding tert-OH is 1. The van der Waals surface area contributed by atoms with Crippen molar-refractivity contribution in [3.05, 3.63) is 22.8 Å². The molecule has 108 valence electrons. The molecule has 19 heavy (non-hydrogen) atoms. The zero-order valence-corrected chi connectivity index (χ0v) is 14.1. The highest BCUT2D eigenvalue weighted by Crippen LogP contribution is 2.22. The fraction of sp³-hybridized carbons (Fsp3) is 0.643. The molecule has 0 spiro atoms. The second kappa shape index (κ2) is 8.95. The number of aromatic nitrogens is 1. The van der Waals surface area contributed by atoms with Gasteiger partial charge in [0.25, 0.3) is 0 Å². The number of hydrogen-bond acceptors (Lipinski definition) is 4. The van der Waals surface area contributed by atoms with E-state index >= 15 is 0 Å². The number of thioether (sulfide) groups is 1. The SMILES string of the molecule is CCNC(CC)(CO)CCCSc1ccc(Br)cn1. The minimum Gasteiger partial charge on any atom is -0.394 e. The minimum atomic E-state index is -0.109. The highest BCUT2D eigenvalue weighted by Gasteiger charge is 2.25. The molecule has 0 saturated heterocycles. The molecule has 0 saturated carbocycles. The molecule has 3 nitrogen and oxygen atoms in total. The molecule has 1 rings (SSSR count). The second-order valence-corrected chi connectivity index (χ2v) is 6.62. The topological polar surface area (TPSA) is 45.1 Å². The Hall–Kier alpha value is -0.100. The van der Waals surface area contributed by atoms with Crippen LogP contribution in [0.2, 0.25) is 0 Å². The van der Waals surface area contributed by atoms with Crippen molar-refractivity contribution >= 4 is 27.7 Å². The summed E-state index contributed by atoms with van der Waals surface area (Å²) in [5, 5.41) is 14.0. The summed E-state index contributed by atoms with van der Waals surface area (Å²) < 4.78 is 1.01. The predicted molar refractivity (Wildman–Crippen MR) is 85.7 cm³/mol. The van der Waals surface area contributed by atoms with Crippen molar-refractivity contribution in [2.24, 2.45) is 0 Å². The van der Waals surface area contributed by atoms with Crippen LogP contribution >= 0.6 is 27.7 Å². The molecule has 1 atom stereocenters. The van der Waals surface area contributed by atoms with Crippen LogP contribution in [0.15, 0.2) is 27.8 Å². The van der Waals surface area contributed by atoms with E-state index in [-0.39, 0.29) is 12.1 Å². The van der Waals surface area contributed by atoms with Crippen molar-refractivity contribution in [3.63, 3.8) is 0 Å². The zero-order chi connectivity index (χ0) is 14.1. The standard InChI is InChI=1S/C14H23BrN2OS/c1-3-14(11-18,17-4-2)8-5-9-19-13-7-6-12(15)10-16-13/h6-7,10,17-18H,3-5,8-9,11H2,1-2H3. The summed E-state index contributed by atoms with van der Waals surface area (Å²) in [5.41, 5.74) is -0.109. The summed E-state index contributed by atoms with van der Waals surface area (Å²) in [6.45, 7) is 5.32. The van der Waals surface area contributed by atoms with E-state index < -0.39 is 0 Å². The van der Waals surface area contributed by atoms with E-state index in [2.05, 4.69) is 40.1 Å². The number of rotatable bonds is 9. The largest absolute Gasteiger partial charge is 0.394 e. The van der Waals surface area contributed by atoms with E-state index in [9.17, 15) is 5.11 Å². The molecule has 0 aliphatic heterocycles. The van der Waals surface area contributed by atoms with Gasteiger partial charge in [0.05, 0.1) is 11.6 Å². The molecule has 1 aromatic heterocycles. The van der Waals surface area contributed by atoms with E-state index in [1.54, 1.807) is 11.8 Å². The van der Waals surface area contributed by atoms with Gasteiger partial charge in [-0.2, -0.15) is 0 Å². The van der Waals surface area contributed by atoms with Crippen molar-refractivity contribution in [2.45, 2.75) is 43.7 Å². The Labute approximate surface area is 128 Å². The molecule has 1 aromatic rings. The van der Waals surface area contributed by atoms with Crippen LogP contribution in [0.25, 0.3) is 0 Å². The van der Waals surface area contributed by atoms with Crippen LogP contribution in [-0.2, 0) is 0 Å². The Morgan fingerprint density at radius 3 is 2.74 bits per heavy atom. The average molecular weight is 347 g/mol. The smallest absolute Gasteiger partial charge is 0.0960 e. The zero-order valence-electron chi connectivity index (χ0n) is 11.7. The summed E-state index contributed by atoms with van der Waals surface area (Å²) in [5.74, 6) is 1.03. The van der Waals surface area contributed by atoms with Gasteiger partial charge in [0.1, 0.15) is 0 Å². The van der Waals surface area contributed by atoms with Gasteiger partial charge in [-0.1, -0.05) is 13.8 Å². The first-order valence-corrected chi connectivity index (χ1v) is 8.54. The molecule has 0 fully saturated rings. The monoisotopic (exact) mass is 346 g/mol. The molecular weight excluding hydrogens is 324 g/mol. The fourth-order valence-corrected chi connectivity index (χ4v) is 3.07. The molecule has 0 radical (unpaired) electrons. The fourth-order valence-electron chi connectivity index (χ4n) is 2.05. The average Bonchev–Trinajstić information content (AvgIpc) is 2.44. The maximum atomic E-state index is 9.57. The number of likely N-dealkylation sites (N-methyl/N-ethyl adjacent to an activating group) is 1. The van der Waals surface area contributed by atoms with Gasteiger partial charge in [-0.15, -0.1) is 11.8 Å². The van der Waals surface area contributed by atoms with Crippen molar-refractivity contribution in [3.8, 4) is 0 Å². The highest BCUT2D eigenvalue weighted by atomic mass is 79.9. The molecule has 0 bridgehead atoms. The van der Waals surface area contributed by atoms with Crippen LogP contribution in [0.1, 0.15) is 33.1 Å². The Morgan fingerprint density at radius 1 is 1.42 bits per heavy atom. The molecule has 0 amide bonds. The van der Waals surface area contributed by atoms with E-state index in [0.717, 1.165) is 41.1 Å². The quantitative estimate of drug-likeness (QED) is 0.530. The number of halogens is 1. The maximum Gasteiger partial charge on any atom is 0.0960 e. The molecule has 0 aliphatic rings. The second-order valence-electron chi connectivity index (χ2n) is 4.59. The summed E-state index contributed by atoms with van der Waals surface area (Å²) in [6, 6.07) is 4.04. The highest BCUT2D eigenvalue weighted by molar-refractivity contribution is 9.10. The first-order chi connectivity index (χ1) is 9.15. The first-order valence-electron chi connectivity index (χ1n) is 6.76. The van der Waals surface area contributed by atoms with Gasteiger partial charge in [-0.3, -0.25) is 0 Å². The summed E-state index contributed by atoms with van der Waals surface area (Å²) >= 11 is 5.15. The third-order valence-corrected chi connectivity index (χ3v) is 4.78. The molecule has 0 aromatic carbocycles. The molecule has 2 N–H and O–H groups in total. The van der Waals surface area contributed by atoms with Crippen LogP contribution in [0, 0.1) is 0 Å². The Kier molecular flexibility index (Phi) is 7.99. The van der Waals surface area contributed by atoms with E-state index in [0.29, 0.717) is 0 Å².